The van der Waals surface area contributed by atoms with Crippen LogP contribution in [0.3, 0.4) is 0 Å². The summed E-state index contributed by atoms with van der Waals surface area (Å²) in [5.41, 5.74) is 3.67. The molecule has 0 saturated carbocycles. The van der Waals surface area contributed by atoms with Crippen LogP contribution >= 0.6 is 11.6 Å². The maximum Gasteiger partial charge on any atom is 0.413 e. The number of carbonyl (C=O) groups excluding carboxylic acids is 2. The average molecular weight is 427 g/mol. The van der Waals surface area contributed by atoms with E-state index in [4.69, 9.17) is 16.3 Å². The number of nitrogens with one attached hydrogen (secondary N) is 2. The lowest BCUT2D eigenvalue weighted by Crippen LogP contribution is -2.19. The van der Waals surface area contributed by atoms with Crippen molar-refractivity contribution >= 4 is 35.1 Å². The van der Waals surface area contributed by atoms with E-state index >= 15 is 0 Å². The van der Waals surface area contributed by atoms with E-state index in [-0.39, 0.29) is 11.1 Å². The van der Waals surface area contributed by atoms with Gasteiger partial charge in [0, 0.05) is 36.5 Å². The minimum absolute atomic E-state index is 0.00249. The summed E-state index contributed by atoms with van der Waals surface area (Å²) >= 11 is 6.07. The summed E-state index contributed by atoms with van der Waals surface area (Å²) in [6.45, 7) is 1.71. The van der Waals surface area contributed by atoms with E-state index in [1.165, 1.54) is 4.68 Å². The second-order valence-electron chi connectivity index (χ2n) is 6.89. The summed E-state index contributed by atoms with van der Waals surface area (Å²) in [7, 11) is 1.67. The summed E-state index contributed by atoms with van der Waals surface area (Å²) in [6.07, 6.45) is 1.38. The number of carbonyl (C=O) groups is 2. The molecule has 1 aromatic carbocycles. The molecule has 0 saturated heterocycles. The normalized spacial score (nSPS) is 13.9. The van der Waals surface area contributed by atoms with Gasteiger partial charge in [-0.15, -0.1) is 5.10 Å². The van der Waals surface area contributed by atoms with Gasteiger partial charge in [0.05, 0.1) is 0 Å². The van der Waals surface area contributed by atoms with Crippen molar-refractivity contribution in [3.8, 4) is 11.3 Å². The minimum Gasteiger partial charge on any atom is -0.441 e. The minimum atomic E-state index is -0.667. The van der Waals surface area contributed by atoms with Gasteiger partial charge in [-0.25, -0.2) is 14.5 Å². The van der Waals surface area contributed by atoms with E-state index in [0.717, 1.165) is 16.8 Å². The van der Waals surface area contributed by atoms with Gasteiger partial charge in [0.15, 0.2) is 5.82 Å². The molecular weight excluding hydrogens is 408 g/mol. The van der Waals surface area contributed by atoms with Crippen LogP contribution in [0.15, 0.2) is 36.5 Å². The Morgan fingerprint density at radius 3 is 2.97 bits per heavy atom. The zero-order chi connectivity index (χ0) is 21.3. The van der Waals surface area contributed by atoms with Gasteiger partial charge in [0.25, 0.3) is 0 Å². The average Bonchev–Trinajstić information content (AvgIpc) is 3.08. The number of nitrogens with zero attached hydrogens (tertiary/aromatic N) is 4. The second kappa shape index (κ2) is 8.11. The molecule has 0 bridgehead atoms. The zero-order valence-electron chi connectivity index (χ0n) is 16.3. The summed E-state index contributed by atoms with van der Waals surface area (Å²) in [4.78, 5) is 28.1. The molecule has 1 aliphatic rings. The van der Waals surface area contributed by atoms with Gasteiger partial charge in [-0.1, -0.05) is 28.9 Å². The van der Waals surface area contributed by atoms with Crippen molar-refractivity contribution in [3.05, 3.63) is 52.8 Å². The zero-order valence-corrected chi connectivity index (χ0v) is 17.1. The predicted octanol–water partition coefficient (Wildman–Crippen LogP) is 3.72. The number of amides is 2. The number of hydrogen-bond donors (Lipinski definition) is 2. The highest BCUT2D eigenvalue weighted by Crippen LogP contribution is 2.31. The van der Waals surface area contributed by atoms with Crippen molar-refractivity contribution in [1.82, 2.24) is 20.0 Å². The monoisotopic (exact) mass is 426 g/mol. The van der Waals surface area contributed by atoms with Crippen LogP contribution in [0.2, 0.25) is 5.15 Å². The molecule has 0 radical (unpaired) electrons. The number of ether oxygens (including phenoxy) is 1. The molecular formula is C20H19ClN6O3. The first-order chi connectivity index (χ1) is 14.4. The number of rotatable bonds is 4. The Balaban J connectivity index is 1.54. The number of aromatic nitrogens is 4. The van der Waals surface area contributed by atoms with Crippen LogP contribution in [-0.2, 0) is 23.0 Å². The van der Waals surface area contributed by atoms with Crippen LogP contribution in [-0.4, -0.2) is 32.0 Å². The van der Waals surface area contributed by atoms with Crippen molar-refractivity contribution in [2.24, 2.45) is 7.05 Å². The molecule has 0 fully saturated rings. The van der Waals surface area contributed by atoms with E-state index < -0.39 is 12.2 Å². The number of fused-ring (bicyclic) bond motifs is 1. The van der Waals surface area contributed by atoms with Crippen molar-refractivity contribution in [1.29, 1.82) is 0 Å². The maximum atomic E-state index is 12.5. The molecule has 1 atom stereocenters. The highest BCUT2D eigenvalue weighted by atomic mass is 35.5. The first-order valence-electron chi connectivity index (χ1n) is 9.33. The predicted molar refractivity (Wildman–Crippen MR) is 111 cm³/mol. The van der Waals surface area contributed by atoms with Crippen molar-refractivity contribution in [2.75, 3.05) is 10.6 Å². The number of halogens is 1. The SMILES string of the molecule is C[C@@H](OC(=O)Nc1c(-c2ccc3c(c2)CCC(=O)N3)nnn1C)c1cccnc1Cl. The van der Waals surface area contributed by atoms with Crippen LogP contribution in [0.5, 0.6) is 0 Å². The lowest BCUT2D eigenvalue weighted by molar-refractivity contribution is -0.116. The Morgan fingerprint density at radius 1 is 1.33 bits per heavy atom. The van der Waals surface area contributed by atoms with Crippen molar-refractivity contribution < 1.29 is 14.3 Å². The Bertz CT molecular complexity index is 1130. The molecule has 0 unspecified atom stereocenters. The maximum absolute atomic E-state index is 12.5. The number of hydrogen-bond acceptors (Lipinski definition) is 6. The highest BCUT2D eigenvalue weighted by Gasteiger charge is 2.21. The molecule has 154 valence electrons. The third-order valence-corrected chi connectivity index (χ3v) is 5.15. The lowest BCUT2D eigenvalue weighted by atomic mass is 9.99. The number of pyridine rings is 1. The van der Waals surface area contributed by atoms with Crippen LogP contribution in [0, 0.1) is 0 Å². The van der Waals surface area contributed by atoms with Crippen LogP contribution < -0.4 is 10.6 Å². The van der Waals surface area contributed by atoms with Gasteiger partial charge in [-0.3, -0.25) is 10.1 Å². The van der Waals surface area contributed by atoms with E-state index in [9.17, 15) is 9.59 Å². The Hall–Kier alpha value is -3.46. The van der Waals surface area contributed by atoms with E-state index in [2.05, 4.69) is 25.9 Å². The van der Waals surface area contributed by atoms with Gasteiger partial charge < -0.3 is 10.1 Å². The third kappa shape index (κ3) is 3.97. The van der Waals surface area contributed by atoms with Crippen molar-refractivity contribution in [2.45, 2.75) is 25.9 Å². The summed E-state index contributed by atoms with van der Waals surface area (Å²) in [5.74, 6) is 0.395. The van der Waals surface area contributed by atoms with Crippen LogP contribution in [0.25, 0.3) is 11.3 Å². The van der Waals surface area contributed by atoms with E-state index in [1.807, 2.05) is 18.2 Å². The summed E-state index contributed by atoms with van der Waals surface area (Å²) in [6, 6.07) is 9.05. The lowest BCUT2D eigenvalue weighted by Gasteiger charge is -2.17. The van der Waals surface area contributed by atoms with Crippen LogP contribution in [0.1, 0.15) is 30.6 Å². The third-order valence-electron chi connectivity index (χ3n) is 4.83. The second-order valence-corrected chi connectivity index (χ2v) is 7.24. The summed E-state index contributed by atoms with van der Waals surface area (Å²) < 4.78 is 6.91. The molecule has 2 amide bonds. The van der Waals surface area contributed by atoms with Gasteiger partial charge in [0.2, 0.25) is 5.91 Å². The fraction of sp³-hybridized carbons (Fsp3) is 0.250. The largest absolute Gasteiger partial charge is 0.441 e. The Morgan fingerprint density at radius 2 is 2.17 bits per heavy atom. The molecule has 3 aromatic rings. The smallest absolute Gasteiger partial charge is 0.413 e. The van der Waals surface area contributed by atoms with Crippen molar-refractivity contribution in [3.63, 3.8) is 0 Å². The molecule has 4 rings (SSSR count). The highest BCUT2D eigenvalue weighted by molar-refractivity contribution is 6.30. The van der Waals surface area contributed by atoms with E-state index in [1.54, 1.807) is 32.3 Å². The molecule has 3 heterocycles. The molecule has 0 spiro atoms. The molecule has 2 aromatic heterocycles. The van der Waals surface area contributed by atoms with E-state index in [0.29, 0.717) is 29.9 Å². The molecule has 1 aliphatic heterocycles. The van der Waals surface area contributed by atoms with Gasteiger partial charge in [-0.05, 0) is 37.1 Å². The Labute approximate surface area is 177 Å². The number of aryl methyl sites for hydroxylation is 2. The first kappa shape index (κ1) is 19.8. The molecule has 10 heteroatoms. The topological polar surface area (TPSA) is 111 Å². The fourth-order valence-corrected chi connectivity index (χ4v) is 3.55. The van der Waals surface area contributed by atoms with Gasteiger partial charge in [0.1, 0.15) is 17.0 Å². The fourth-order valence-electron chi connectivity index (χ4n) is 3.27. The van der Waals surface area contributed by atoms with Gasteiger partial charge in [-0.2, -0.15) is 0 Å². The Kier molecular flexibility index (Phi) is 5.37. The number of benzene rings is 1. The summed E-state index contributed by atoms with van der Waals surface area (Å²) in [5, 5.41) is 14.0. The quantitative estimate of drug-likeness (QED) is 0.615. The molecule has 30 heavy (non-hydrogen) atoms. The standard InChI is InChI=1S/C20H19ClN6O3/c1-11(14-4-3-9-22-18(14)21)30-20(29)24-19-17(25-26-27(19)2)13-5-7-15-12(10-13)6-8-16(28)23-15/h3-5,7,9-11H,6,8H2,1-2H3,(H,23,28)(H,24,29)/t11-/m1/s1. The molecule has 0 aliphatic carbocycles. The van der Waals surface area contributed by atoms with Crippen LogP contribution in [0.4, 0.5) is 16.3 Å². The molecule has 2 N–H and O–H groups in total. The van der Waals surface area contributed by atoms with Gasteiger partial charge >= 0.3 is 6.09 Å². The number of anilines is 2. The molecule has 9 nitrogen and oxygen atoms in total. The first-order valence-corrected chi connectivity index (χ1v) is 9.71.